The van der Waals surface area contributed by atoms with Gasteiger partial charge in [-0.25, -0.2) is 0 Å². The number of aliphatic hydroxyl groups is 1. The van der Waals surface area contributed by atoms with Gasteiger partial charge in [0, 0.05) is 28.7 Å². The van der Waals surface area contributed by atoms with Gasteiger partial charge in [-0.2, -0.15) is 13.2 Å². The van der Waals surface area contributed by atoms with E-state index in [1.165, 1.54) is 12.1 Å². The summed E-state index contributed by atoms with van der Waals surface area (Å²) in [4.78, 5) is 17.9. The van der Waals surface area contributed by atoms with Crippen LogP contribution < -0.4 is 0 Å². The molecule has 1 amide bonds. The van der Waals surface area contributed by atoms with Gasteiger partial charge in [-0.1, -0.05) is 29.8 Å². The molecule has 8 heteroatoms. The zero-order valence-corrected chi connectivity index (χ0v) is 16.9. The van der Waals surface area contributed by atoms with E-state index >= 15 is 0 Å². The Bertz CT molecular complexity index is 1110. The molecule has 2 aromatic carbocycles. The lowest BCUT2D eigenvalue weighted by atomic mass is 9.87. The lowest BCUT2D eigenvalue weighted by Gasteiger charge is -2.37. The predicted octanol–water partition coefficient (Wildman–Crippen LogP) is 5.11. The highest BCUT2D eigenvalue weighted by molar-refractivity contribution is 6.32. The number of benzene rings is 2. The van der Waals surface area contributed by atoms with Gasteiger partial charge >= 0.3 is 6.18 Å². The average Bonchev–Trinajstić information content (AvgIpc) is 3.18. The van der Waals surface area contributed by atoms with Gasteiger partial charge in [0.05, 0.1) is 12.5 Å². The van der Waals surface area contributed by atoms with E-state index in [9.17, 15) is 23.1 Å². The first kappa shape index (κ1) is 20.8. The average molecular weight is 437 g/mol. The van der Waals surface area contributed by atoms with Crippen LogP contribution in [0.15, 0.2) is 42.6 Å². The Hall–Kier alpha value is -2.51. The van der Waals surface area contributed by atoms with Gasteiger partial charge in [0.2, 0.25) is 5.91 Å². The van der Waals surface area contributed by atoms with E-state index in [1.54, 1.807) is 30.2 Å². The number of aromatic amines is 1. The monoisotopic (exact) mass is 436 g/mol. The molecule has 2 atom stereocenters. The molecular weight excluding hydrogens is 417 g/mol. The van der Waals surface area contributed by atoms with E-state index in [4.69, 9.17) is 11.6 Å². The molecule has 0 unspecified atom stereocenters. The number of aliphatic hydroxyl groups excluding tert-OH is 1. The molecule has 158 valence electrons. The first-order chi connectivity index (χ1) is 14.2. The first-order valence-corrected chi connectivity index (χ1v) is 9.96. The summed E-state index contributed by atoms with van der Waals surface area (Å²) in [6.07, 6.45) is -5.15. The normalized spacial score (nSPS) is 17.8. The van der Waals surface area contributed by atoms with Crippen molar-refractivity contribution in [2.75, 3.05) is 6.54 Å². The molecule has 0 saturated carbocycles. The van der Waals surface area contributed by atoms with Crippen molar-refractivity contribution in [1.82, 2.24) is 9.88 Å². The number of nitrogens with one attached hydrogen (secondary N) is 1. The van der Waals surface area contributed by atoms with Gasteiger partial charge in [-0.15, -0.1) is 0 Å². The highest BCUT2D eigenvalue weighted by atomic mass is 35.5. The van der Waals surface area contributed by atoms with Crippen molar-refractivity contribution in [2.24, 2.45) is 0 Å². The topological polar surface area (TPSA) is 56.3 Å². The SMILES string of the molecule is C[C@H]1c2cccc([C@H](O)C(F)(F)F)c2CCN1C(=O)Cc1c(Cl)ccc2[nH]ccc12. The maximum absolute atomic E-state index is 13.1. The van der Waals surface area contributed by atoms with Crippen LogP contribution in [0.2, 0.25) is 5.02 Å². The molecule has 0 radical (unpaired) electrons. The minimum absolute atomic E-state index is 0.0958. The van der Waals surface area contributed by atoms with Crippen molar-refractivity contribution < 1.29 is 23.1 Å². The maximum atomic E-state index is 13.1. The number of hydrogen-bond acceptors (Lipinski definition) is 2. The van der Waals surface area contributed by atoms with Crippen LogP contribution in [-0.2, 0) is 17.6 Å². The van der Waals surface area contributed by atoms with E-state index in [0.29, 0.717) is 16.1 Å². The lowest BCUT2D eigenvalue weighted by Crippen LogP contribution is -2.40. The molecule has 1 aromatic heterocycles. The fourth-order valence-corrected chi connectivity index (χ4v) is 4.50. The van der Waals surface area contributed by atoms with E-state index in [-0.39, 0.29) is 30.9 Å². The van der Waals surface area contributed by atoms with Crippen molar-refractivity contribution in [3.05, 3.63) is 69.9 Å². The lowest BCUT2D eigenvalue weighted by molar-refractivity contribution is -0.207. The Morgan fingerprint density at radius 2 is 2.07 bits per heavy atom. The fourth-order valence-electron chi connectivity index (χ4n) is 4.27. The second-order valence-electron chi connectivity index (χ2n) is 7.51. The van der Waals surface area contributed by atoms with E-state index in [0.717, 1.165) is 16.5 Å². The summed E-state index contributed by atoms with van der Waals surface area (Å²) in [5.74, 6) is -0.148. The van der Waals surface area contributed by atoms with Crippen LogP contribution in [0, 0.1) is 0 Å². The molecule has 0 aliphatic carbocycles. The second kappa shape index (κ2) is 7.63. The number of carbonyl (C=O) groups is 1. The Balaban J connectivity index is 1.62. The van der Waals surface area contributed by atoms with Gasteiger partial charge < -0.3 is 15.0 Å². The van der Waals surface area contributed by atoms with Crippen LogP contribution >= 0.6 is 11.6 Å². The first-order valence-electron chi connectivity index (χ1n) is 9.59. The highest BCUT2D eigenvalue weighted by Crippen LogP contribution is 2.39. The number of alkyl halides is 3. The number of halogens is 4. The summed E-state index contributed by atoms with van der Waals surface area (Å²) in [6.45, 7) is 2.06. The fraction of sp³-hybridized carbons (Fsp3) is 0.318. The number of nitrogens with zero attached hydrogens (tertiary/aromatic N) is 1. The zero-order chi connectivity index (χ0) is 21.6. The molecule has 0 saturated heterocycles. The van der Waals surface area contributed by atoms with E-state index < -0.39 is 18.3 Å². The summed E-state index contributed by atoms with van der Waals surface area (Å²) in [5.41, 5.74) is 2.55. The number of fused-ring (bicyclic) bond motifs is 2. The quantitative estimate of drug-likeness (QED) is 0.599. The molecule has 4 nitrogen and oxygen atoms in total. The second-order valence-corrected chi connectivity index (χ2v) is 7.92. The molecule has 0 bridgehead atoms. The molecule has 2 N–H and O–H groups in total. The Labute approximate surface area is 176 Å². The van der Waals surface area contributed by atoms with Gasteiger partial charge in [0.25, 0.3) is 0 Å². The number of aromatic nitrogens is 1. The smallest absolute Gasteiger partial charge is 0.379 e. The van der Waals surface area contributed by atoms with E-state index in [1.807, 2.05) is 12.1 Å². The Morgan fingerprint density at radius 3 is 2.80 bits per heavy atom. The van der Waals surface area contributed by atoms with Crippen LogP contribution in [0.25, 0.3) is 10.9 Å². The molecule has 30 heavy (non-hydrogen) atoms. The maximum Gasteiger partial charge on any atom is 0.418 e. The summed E-state index contributed by atoms with van der Waals surface area (Å²) in [7, 11) is 0. The van der Waals surface area contributed by atoms with Crippen LogP contribution in [0.3, 0.4) is 0 Å². The summed E-state index contributed by atoms with van der Waals surface area (Å²) < 4.78 is 39.2. The van der Waals surface area contributed by atoms with E-state index in [2.05, 4.69) is 4.98 Å². The third-order valence-electron chi connectivity index (χ3n) is 5.81. The number of H-pyrrole nitrogens is 1. The van der Waals surface area contributed by atoms with Gasteiger partial charge in [0.15, 0.2) is 6.10 Å². The zero-order valence-electron chi connectivity index (χ0n) is 16.1. The minimum atomic E-state index is -4.74. The van der Waals surface area contributed by atoms with Crippen molar-refractivity contribution in [3.8, 4) is 0 Å². The largest absolute Gasteiger partial charge is 0.418 e. The molecule has 2 heterocycles. The number of hydrogen-bond donors (Lipinski definition) is 2. The van der Waals surface area contributed by atoms with Crippen LogP contribution in [0.5, 0.6) is 0 Å². The van der Waals surface area contributed by atoms with Gasteiger partial charge in [-0.3, -0.25) is 4.79 Å². The van der Waals surface area contributed by atoms with Crippen LogP contribution in [-0.4, -0.2) is 33.6 Å². The molecule has 0 spiro atoms. The number of rotatable bonds is 3. The molecular formula is C22H20ClF3N2O2. The predicted molar refractivity (Wildman–Crippen MR) is 108 cm³/mol. The summed E-state index contributed by atoms with van der Waals surface area (Å²) in [6, 6.07) is 9.54. The van der Waals surface area contributed by atoms with Crippen molar-refractivity contribution in [3.63, 3.8) is 0 Å². The summed E-state index contributed by atoms with van der Waals surface area (Å²) in [5, 5.41) is 11.1. The molecule has 4 rings (SSSR count). The number of amides is 1. The highest BCUT2D eigenvalue weighted by Gasteiger charge is 2.42. The molecule has 0 fully saturated rings. The third-order valence-corrected chi connectivity index (χ3v) is 6.16. The summed E-state index contributed by atoms with van der Waals surface area (Å²) >= 11 is 6.34. The Morgan fingerprint density at radius 1 is 1.30 bits per heavy atom. The molecule has 1 aliphatic rings. The van der Waals surface area contributed by atoms with Crippen molar-refractivity contribution in [1.29, 1.82) is 0 Å². The standard InChI is InChI=1S/C22H20ClF3N2O2/c1-12-13-3-2-4-16(21(30)22(24,25)26)14(13)8-10-28(12)20(29)11-17-15-7-9-27-19(15)6-5-18(17)23/h2-7,9,12,21,27,30H,8,10-11H2,1H3/t12-,21-/m0/s1. The third kappa shape index (κ3) is 3.56. The molecule has 3 aromatic rings. The van der Waals surface area contributed by atoms with Crippen molar-refractivity contribution in [2.45, 2.75) is 38.1 Å². The van der Waals surface area contributed by atoms with Crippen molar-refractivity contribution >= 4 is 28.4 Å². The Kier molecular flexibility index (Phi) is 5.28. The minimum Gasteiger partial charge on any atom is -0.379 e. The van der Waals surface area contributed by atoms with Gasteiger partial charge in [0.1, 0.15) is 0 Å². The van der Waals surface area contributed by atoms with Crippen LogP contribution in [0.1, 0.15) is 41.3 Å². The van der Waals surface area contributed by atoms with Gasteiger partial charge in [-0.05, 0) is 53.8 Å². The number of carbonyl (C=O) groups excluding carboxylic acids is 1. The molecule has 1 aliphatic heterocycles. The van der Waals surface area contributed by atoms with Crippen LogP contribution in [0.4, 0.5) is 13.2 Å².